The van der Waals surface area contributed by atoms with Crippen LogP contribution < -0.4 is 5.32 Å². The number of thiophene rings is 1. The summed E-state index contributed by atoms with van der Waals surface area (Å²) in [4.78, 5) is 34.4. The van der Waals surface area contributed by atoms with Crippen LogP contribution in [0.15, 0.2) is 34.9 Å². The van der Waals surface area contributed by atoms with E-state index in [2.05, 4.69) is 15.3 Å². The summed E-state index contributed by atoms with van der Waals surface area (Å²) >= 11 is 8.12. The molecular weight excluding hydrogens is 376 g/mol. The molecule has 2 N–H and O–H groups in total. The van der Waals surface area contributed by atoms with Gasteiger partial charge in [0.05, 0.1) is 11.2 Å². The first-order valence-corrected chi connectivity index (χ1v) is 9.77. The molecule has 3 heterocycles. The quantitative estimate of drug-likeness (QED) is 0.559. The lowest BCUT2D eigenvalue weighted by molar-refractivity contribution is -0.123. The third kappa shape index (κ3) is 4.77. The Morgan fingerprint density at radius 3 is 3.08 bits per heavy atom. The fraction of sp³-hybridized carbons (Fsp3) is 0.250. The topological polar surface area (TPSA) is 78.1 Å². The molecule has 0 aliphatic carbocycles. The molecule has 0 unspecified atom stereocenters. The number of nitrogens with zero attached hydrogens (tertiary/aromatic N) is 2. The van der Waals surface area contributed by atoms with E-state index >= 15 is 0 Å². The maximum Gasteiger partial charge on any atom is 0.266 e. The summed E-state index contributed by atoms with van der Waals surface area (Å²) in [5, 5.41) is 4.79. The first-order chi connectivity index (χ1) is 12.1. The average molecular weight is 393 g/mol. The summed E-state index contributed by atoms with van der Waals surface area (Å²) < 4.78 is 0.498. The van der Waals surface area contributed by atoms with E-state index < -0.39 is 0 Å². The molecule has 130 valence electrons. The monoisotopic (exact) mass is 392 g/mol. The highest BCUT2D eigenvalue weighted by molar-refractivity contribution is 8.26. The van der Waals surface area contributed by atoms with Crippen molar-refractivity contribution < 1.29 is 9.59 Å². The van der Waals surface area contributed by atoms with Crippen LogP contribution in [-0.2, 0) is 16.0 Å². The first kappa shape index (κ1) is 17.8. The van der Waals surface area contributed by atoms with Crippen LogP contribution in [-0.4, -0.2) is 44.1 Å². The number of rotatable bonds is 7. The van der Waals surface area contributed by atoms with Crippen LogP contribution in [0.1, 0.15) is 17.0 Å². The second kappa shape index (κ2) is 8.41. The van der Waals surface area contributed by atoms with Crippen LogP contribution in [0.2, 0.25) is 0 Å². The predicted octanol–water partition coefficient (Wildman–Crippen LogP) is 2.42. The van der Waals surface area contributed by atoms with Crippen molar-refractivity contribution in [2.24, 2.45) is 0 Å². The third-order valence-corrected chi connectivity index (χ3v) is 5.72. The number of nitrogens with one attached hydrogen (secondary N) is 2. The molecular formula is C16H16N4O2S3. The average Bonchev–Trinajstić information content (AvgIpc) is 3.31. The summed E-state index contributed by atoms with van der Waals surface area (Å²) in [6, 6.07) is 3.88. The standard InChI is InChI=1S/C16H16N4O2S3/c21-14(18-5-3-11-9-17-10-19-11)4-6-20-15(22)13(25-16(20)23)8-12-2-1-7-24-12/h1-2,7-10H,3-6H2,(H,17,19)(H,18,21)/b13-8-. The number of hydrogen-bond acceptors (Lipinski definition) is 6. The van der Waals surface area contributed by atoms with E-state index in [1.165, 1.54) is 16.7 Å². The number of hydrogen-bond donors (Lipinski definition) is 2. The number of carbonyl (C=O) groups excluding carboxylic acids is 2. The Morgan fingerprint density at radius 2 is 2.36 bits per heavy atom. The van der Waals surface area contributed by atoms with Gasteiger partial charge in [0.2, 0.25) is 5.91 Å². The molecule has 0 atom stereocenters. The van der Waals surface area contributed by atoms with E-state index in [1.54, 1.807) is 23.9 Å². The molecule has 0 aromatic carbocycles. The third-order valence-electron chi connectivity index (χ3n) is 3.52. The van der Waals surface area contributed by atoms with Crippen LogP contribution >= 0.6 is 35.3 Å². The second-order valence-corrected chi connectivity index (χ2v) is 7.93. The molecule has 0 bridgehead atoms. The van der Waals surface area contributed by atoms with Crippen LogP contribution in [0.25, 0.3) is 6.08 Å². The normalized spacial score (nSPS) is 16.0. The molecule has 0 spiro atoms. The van der Waals surface area contributed by atoms with Crippen molar-refractivity contribution in [2.75, 3.05) is 13.1 Å². The van der Waals surface area contributed by atoms with Gasteiger partial charge >= 0.3 is 0 Å². The number of aromatic amines is 1. The number of carbonyl (C=O) groups is 2. The van der Waals surface area contributed by atoms with E-state index in [-0.39, 0.29) is 18.2 Å². The minimum Gasteiger partial charge on any atom is -0.356 e. The summed E-state index contributed by atoms with van der Waals surface area (Å²) in [7, 11) is 0. The van der Waals surface area contributed by atoms with Crippen molar-refractivity contribution in [3.8, 4) is 0 Å². The molecule has 2 amide bonds. The van der Waals surface area contributed by atoms with E-state index in [9.17, 15) is 9.59 Å². The summed E-state index contributed by atoms with van der Waals surface area (Å²) in [6.07, 6.45) is 6.09. The van der Waals surface area contributed by atoms with Gasteiger partial charge in [0.15, 0.2) is 0 Å². The van der Waals surface area contributed by atoms with Gasteiger partial charge in [-0.25, -0.2) is 4.98 Å². The minimum atomic E-state index is -0.131. The number of aromatic nitrogens is 2. The lowest BCUT2D eigenvalue weighted by Crippen LogP contribution is -2.34. The molecule has 0 saturated carbocycles. The molecule has 2 aromatic rings. The molecule has 1 fully saturated rings. The Bertz CT molecular complexity index is 784. The molecule has 1 saturated heterocycles. The van der Waals surface area contributed by atoms with Crippen molar-refractivity contribution in [2.45, 2.75) is 12.8 Å². The fourth-order valence-corrected chi connectivity index (χ4v) is 4.29. The lowest BCUT2D eigenvalue weighted by Gasteiger charge is -2.14. The SMILES string of the molecule is O=C(CCN1C(=O)/C(=C/c2cccs2)SC1=S)NCCc1cnc[nH]1. The molecule has 3 rings (SSSR count). The molecule has 1 aliphatic heterocycles. The fourth-order valence-electron chi connectivity index (χ4n) is 2.26. The van der Waals surface area contributed by atoms with Crippen LogP contribution in [0.5, 0.6) is 0 Å². The van der Waals surface area contributed by atoms with E-state index in [4.69, 9.17) is 12.2 Å². The molecule has 1 aliphatic rings. The molecule has 25 heavy (non-hydrogen) atoms. The zero-order valence-corrected chi connectivity index (χ0v) is 15.7. The summed E-state index contributed by atoms with van der Waals surface area (Å²) in [5.41, 5.74) is 0.968. The van der Waals surface area contributed by atoms with Crippen molar-refractivity contribution in [3.05, 3.63) is 45.5 Å². The highest BCUT2D eigenvalue weighted by Crippen LogP contribution is 2.33. The number of thioether (sulfide) groups is 1. The Kier molecular flexibility index (Phi) is 6.00. The molecule has 6 nitrogen and oxygen atoms in total. The smallest absolute Gasteiger partial charge is 0.266 e. The lowest BCUT2D eigenvalue weighted by atomic mass is 10.3. The van der Waals surface area contributed by atoms with E-state index in [0.29, 0.717) is 28.7 Å². The van der Waals surface area contributed by atoms with Crippen molar-refractivity contribution in [1.29, 1.82) is 0 Å². The Morgan fingerprint density at radius 1 is 1.48 bits per heavy atom. The number of amides is 2. The van der Waals surface area contributed by atoms with E-state index in [1.807, 2.05) is 23.6 Å². The highest BCUT2D eigenvalue weighted by atomic mass is 32.2. The Labute approximate surface area is 158 Å². The highest BCUT2D eigenvalue weighted by Gasteiger charge is 2.32. The van der Waals surface area contributed by atoms with Gasteiger partial charge < -0.3 is 10.3 Å². The van der Waals surface area contributed by atoms with Crippen LogP contribution in [0.3, 0.4) is 0 Å². The minimum absolute atomic E-state index is 0.101. The predicted molar refractivity (Wildman–Crippen MR) is 104 cm³/mol. The maximum atomic E-state index is 12.4. The van der Waals surface area contributed by atoms with Gasteiger partial charge in [0, 0.05) is 42.7 Å². The summed E-state index contributed by atoms with van der Waals surface area (Å²) in [6.45, 7) is 0.819. The summed E-state index contributed by atoms with van der Waals surface area (Å²) in [5.74, 6) is -0.232. The van der Waals surface area contributed by atoms with Gasteiger partial charge in [-0.2, -0.15) is 0 Å². The second-order valence-electron chi connectivity index (χ2n) is 5.28. The van der Waals surface area contributed by atoms with Gasteiger partial charge in [0.1, 0.15) is 4.32 Å². The van der Waals surface area contributed by atoms with Gasteiger partial charge in [-0.15, -0.1) is 11.3 Å². The number of imidazole rings is 1. The van der Waals surface area contributed by atoms with Gasteiger partial charge in [-0.05, 0) is 17.5 Å². The zero-order valence-electron chi connectivity index (χ0n) is 13.2. The molecule has 9 heteroatoms. The molecule has 2 aromatic heterocycles. The maximum absolute atomic E-state index is 12.4. The van der Waals surface area contributed by atoms with E-state index in [0.717, 1.165) is 10.6 Å². The van der Waals surface area contributed by atoms with Crippen molar-refractivity contribution >= 4 is 57.5 Å². The first-order valence-electron chi connectivity index (χ1n) is 7.66. The Balaban J connectivity index is 1.46. The van der Waals surface area contributed by atoms with Gasteiger partial charge in [-0.1, -0.05) is 30.0 Å². The van der Waals surface area contributed by atoms with Crippen molar-refractivity contribution in [3.63, 3.8) is 0 Å². The van der Waals surface area contributed by atoms with Gasteiger partial charge in [-0.3, -0.25) is 14.5 Å². The number of H-pyrrole nitrogens is 1. The van der Waals surface area contributed by atoms with Crippen molar-refractivity contribution in [1.82, 2.24) is 20.2 Å². The van der Waals surface area contributed by atoms with Crippen LogP contribution in [0, 0.1) is 0 Å². The Hall–Kier alpha value is -1.97. The van der Waals surface area contributed by atoms with Gasteiger partial charge in [0.25, 0.3) is 5.91 Å². The largest absolute Gasteiger partial charge is 0.356 e. The number of thiocarbonyl (C=S) groups is 1. The molecule has 0 radical (unpaired) electrons. The van der Waals surface area contributed by atoms with Crippen LogP contribution in [0.4, 0.5) is 0 Å². The zero-order chi connectivity index (χ0) is 17.6.